The van der Waals surface area contributed by atoms with Gasteiger partial charge in [0.05, 0.1) is 0 Å². The van der Waals surface area contributed by atoms with Crippen molar-refractivity contribution in [2.45, 2.75) is 13.8 Å². The Bertz CT molecular complexity index is 774. The molecule has 0 fully saturated rings. The van der Waals surface area contributed by atoms with Crippen molar-refractivity contribution < 1.29 is 0 Å². The molecule has 0 unspecified atom stereocenters. The van der Waals surface area contributed by atoms with E-state index in [4.69, 9.17) is 5.73 Å². The van der Waals surface area contributed by atoms with Crippen LogP contribution in [-0.2, 0) is 0 Å². The first kappa shape index (κ1) is 12.7. The summed E-state index contributed by atoms with van der Waals surface area (Å²) in [5.41, 5.74) is 11.8. The van der Waals surface area contributed by atoms with Gasteiger partial charge in [0.2, 0.25) is 0 Å². The third-order valence-electron chi connectivity index (χ3n) is 3.45. The van der Waals surface area contributed by atoms with Gasteiger partial charge in [0.1, 0.15) is 0 Å². The highest BCUT2D eigenvalue weighted by molar-refractivity contribution is 9.10. The minimum atomic E-state index is 0.856. The van der Waals surface area contributed by atoms with E-state index in [0.29, 0.717) is 0 Å². The van der Waals surface area contributed by atoms with Gasteiger partial charge in [-0.2, -0.15) is 0 Å². The van der Waals surface area contributed by atoms with Crippen LogP contribution >= 0.6 is 27.3 Å². The van der Waals surface area contributed by atoms with Gasteiger partial charge in [-0.25, -0.2) is 0 Å². The smallest absolute Gasteiger partial charge is 0.0491 e. The van der Waals surface area contributed by atoms with Crippen molar-refractivity contribution in [3.8, 4) is 11.1 Å². The van der Waals surface area contributed by atoms with Crippen molar-refractivity contribution in [3.05, 3.63) is 51.3 Å². The number of hydrogen-bond donors (Lipinski definition) is 1. The Hall–Kier alpha value is -1.32. The lowest BCUT2D eigenvalue weighted by atomic mass is 9.97. The van der Waals surface area contributed by atoms with Crippen molar-refractivity contribution in [3.63, 3.8) is 0 Å². The maximum absolute atomic E-state index is 6.06. The summed E-state index contributed by atoms with van der Waals surface area (Å²) in [6, 6.07) is 10.6. The number of halogens is 1. The number of nitrogens with two attached hydrogens (primary N) is 1. The molecule has 0 atom stereocenters. The van der Waals surface area contributed by atoms with E-state index in [1.165, 1.54) is 26.8 Å². The van der Waals surface area contributed by atoms with Gasteiger partial charge in [-0.1, -0.05) is 18.2 Å². The zero-order valence-electron chi connectivity index (χ0n) is 10.8. The standard InChI is InChI=1S/C16H14BrNS/c1-9-6-10(2)15(18)7-12(9)13-8-19-16-11(13)4-3-5-14(16)17/h3-8H,18H2,1-2H3. The topological polar surface area (TPSA) is 26.0 Å². The van der Waals surface area contributed by atoms with Crippen LogP contribution in [0.4, 0.5) is 5.69 Å². The first-order valence-electron chi connectivity index (χ1n) is 6.10. The fourth-order valence-electron chi connectivity index (χ4n) is 2.39. The zero-order chi connectivity index (χ0) is 13.6. The third-order valence-corrected chi connectivity index (χ3v) is 5.41. The molecule has 0 spiro atoms. The van der Waals surface area contributed by atoms with Crippen LogP contribution in [0.1, 0.15) is 11.1 Å². The third kappa shape index (κ3) is 2.07. The summed E-state index contributed by atoms with van der Waals surface area (Å²) in [7, 11) is 0. The van der Waals surface area contributed by atoms with Crippen LogP contribution in [0.25, 0.3) is 21.2 Å². The zero-order valence-corrected chi connectivity index (χ0v) is 13.2. The second-order valence-corrected chi connectivity index (χ2v) is 6.52. The van der Waals surface area contributed by atoms with E-state index < -0.39 is 0 Å². The van der Waals surface area contributed by atoms with Crippen LogP contribution in [0, 0.1) is 13.8 Å². The van der Waals surface area contributed by atoms with E-state index in [0.717, 1.165) is 15.7 Å². The Morgan fingerprint density at radius 3 is 2.63 bits per heavy atom. The molecule has 0 saturated carbocycles. The molecule has 0 aliphatic heterocycles. The minimum Gasteiger partial charge on any atom is -0.398 e. The molecule has 0 amide bonds. The van der Waals surface area contributed by atoms with Crippen LogP contribution in [0.5, 0.6) is 0 Å². The van der Waals surface area contributed by atoms with E-state index in [-0.39, 0.29) is 0 Å². The molecule has 1 aromatic heterocycles. The lowest BCUT2D eigenvalue weighted by Gasteiger charge is -2.09. The Balaban J connectivity index is 2.31. The van der Waals surface area contributed by atoms with Crippen molar-refractivity contribution in [2.24, 2.45) is 0 Å². The highest BCUT2D eigenvalue weighted by Crippen LogP contribution is 2.39. The number of nitrogen functional groups attached to an aromatic ring is 1. The Morgan fingerprint density at radius 1 is 1.05 bits per heavy atom. The van der Waals surface area contributed by atoms with Crippen LogP contribution in [0.2, 0.25) is 0 Å². The molecule has 2 aromatic carbocycles. The fraction of sp³-hybridized carbons (Fsp3) is 0.125. The second-order valence-electron chi connectivity index (χ2n) is 4.79. The van der Waals surface area contributed by atoms with Crippen molar-refractivity contribution in [1.82, 2.24) is 0 Å². The fourth-order valence-corrected chi connectivity index (χ4v) is 4.01. The molecule has 0 bridgehead atoms. The summed E-state index contributed by atoms with van der Waals surface area (Å²) in [6.45, 7) is 4.19. The molecule has 0 radical (unpaired) electrons. The van der Waals surface area contributed by atoms with Gasteiger partial charge in [0.15, 0.2) is 0 Å². The summed E-state index contributed by atoms with van der Waals surface area (Å²) in [6.07, 6.45) is 0. The van der Waals surface area contributed by atoms with Gasteiger partial charge in [-0.3, -0.25) is 0 Å². The SMILES string of the molecule is Cc1cc(C)c(-c2csc3c(Br)cccc23)cc1N. The maximum atomic E-state index is 6.06. The van der Waals surface area contributed by atoms with Gasteiger partial charge in [-0.15, -0.1) is 11.3 Å². The van der Waals surface area contributed by atoms with Gasteiger partial charge >= 0.3 is 0 Å². The van der Waals surface area contributed by atoms with Gasteiger partial charge in [-0.05, 0) is 64.0 Å². The molecule has 96 valence electrons. The molecule has 0 aliphatic rings. The summed E-state index contributed by atoms with van der Waals surface area (Å²) in [5.74, 6) is 0. The van der Waals surface area contributed by atoms with Crippen LogP contribution in [-0.4, -0.2) is 0 Å². The van der Waals surface area contributed by atoms with Gasteiger partial charge in [0.25, 0.3) is 0 Å². The average molecular weight is 332 g/mol. The molecule has 0 aliphatic carbocycles. The predicted molar refractivity (Wildman–Crippen MR) is 88.8 cm³/mol. The number of anilines is 1. The van der Waals surface area contributed by atoms with E-state index >= 15 is 0 Å². The monoisotopic (exact) mass is 331 g/mol. The first-order chi connectivity index (χ1) is 9.08. The molecular formula is C16H14BrNS. The van der Waals surface area contributed by atoms with E-state index in [2.05, 4.69) is 65.5 Å². The maximum Gasteiger partial charge on any atom is 0.0491 e. The number of thiophene rings is 1. The predicted octanol–water partition coefficient (Wildman–Crippen LogP) is 5.53. The molecule has 1 heterocycles. The van der Waals surface area contributed by atoms with E-state index in [1.807, 2.05) is 0 Å². The number of hydrogen-bond acceptors (Lipinski definition) is 2. The second kappa shape index (κ2) is 4.66. The molecule has 3 heteroatoms. The van der Waals surface area contributed by atoms with E-state index in [9.17, 15) is 0 Å². The first-order valence-corrected chi connectivity index (χ1v) is 7.78. The van der Waals surface area contributed by atoms with Gasteiger partial charge < -0.3 is 5.73 Å². The normalized spacial score (nSPS) is 11.1. The van der Waals surface area contributed by atoms with Crippen molar-refractivity contribution >= 4 is 43.0 Å². The van der Waals surface area contributed by atoms with Crippen molar-refractivity contribution in [1.29, 1.82) is 0 Å². The number of benzene rings is 2. The number of rotatable bonds is 1. The molecule has 3 aromatic rings. The summed E-state index contributed by atoms with van der Waals surface area (Å²) < 4.78 is 2.44. The van der Waals surface area contributed by atoms with Crippen LogP contribution in [0.15, 0.2) is 40.2 Å². The average Bonchev–Trinajstić information content (AvgIpc) is 2.79. The molecule has 0 saturated heterocycles. The molecule has 1 nitrogen and oxygen atoms in total. The lowest BCUT2D eigenvalue weighted by Crippen LogP contribution is -1.92. The molecular weight excluding hydrogens is 318 g/mol. The van der Waals surface area contributed by atoms with Crippen molar-refractivity contribution in [2.75, 3.05) is 5.73 Å². The number of fused-ring (bicyclic) bond motifs is 1. The molecule has 2 N–H and O–H groups in total. The van der Waals surface area contributed by atoms with E-state index in [1.54, 1.807) is 11.3 Å². The Kier molecular flexibility index (Phi) is 3.11. The lowest BCUT2D eigenvalue weighted by molar-refractivity contribution is 1.39. The Morgan fingerprint density at radius 2 is 1.84 bits per heavy atom. The van der Waals surface area contributed by atoms with Crippen LogP contribution < -0.4 is 5.73 Å². The minimum absolute atomic E-state index is 0.856. The largest absolute Gasteiger partial charge is 0.398 e. The van der Waals surface area contributed by atoms with Crippen LogP contribution in [0.3, 0.4) is 0 Å². The molecule has 3 rings (SSSR count). The highest BCUT2D eigenvalue weighted by Gasteiger charge is 2.11. The number of aryl methyl sites for hydroxylation is 2. The van der Waals surface area contributed by atoms with Gasteiger partial charge in [0, 0.05) is 25.8 Å². The molecule has 19 heavy (non-hydrogen) atoms. The quantitative estimate of drug-likeness (QED) is 0.583. The summed E-state index contributed by atoms with van der Waals surface area (Å²) in [5, 5.41) is 3.50. The Labute approximate surface area is 125 Å². The summed E-state index contributed by atoms with van der Waals surface area (Å²) >= 11 is 5.38. The summed E-state index contributed by atoms with van der Waals surface area (Å²) in [4.78, 5) is 0. The highest BCUT2D eigenvalue weighted by atomic mass is 79.9.